The quantitative estimate of drug-likeness (QED) is 0.327. The van der Waals surface area contributed by atoms with Crippen LogP contribution in [-0.4, -0.2) is 19.6 Å². The highest BCUT2D eigenvalue weighted by atomic mass is 35.5. The SMILES string of the molecule is CCCc1nnc2c3cc(-c4ccccc4)c(-c4ccc(C5(N)CCC5)cc4)nc3ccn12.Cl. The van der Waals surface area contributed by atoms with E-state index in [4.69, 9.17) is 10.7 Å². The first-order chi connectivity index (χ1) is 16.2. The Balaban J connectivity index is 0.00000241. The summed E-state index contributed by atoms with van der Waals surface area (Å²) in [7, 11) is 0. The minimum atomic E-state index is -0.160. The standard InChI is InChI=1S/C28H27N5.ClH/c1-2-7-25-31-32-27-23-18-22(19-8-4-3-5-9-19)26(30-24(23)14-17-33(25)27)20-10-12-21(13-11-20)28(29)15-6-16-28;/h3-5,8-14,17-18H,2,6-7,15-16,29H2,1H3;1H. The molecule has 0 aliphatic heterocycles. The first-order valence-corrected chi connectivity index (χ1v) is 11.8. The predicted molar refractivity (Wildman–Crippen MR) is 140 cm³/mol. The van der Waals surface area contributed by atoms with Crippen molar-refractivity contribution in [1.29, 1.82) is 0 Å². The van der Waals surface area contributed by atoms with E-state index in [-0.39, 0.29) is 17.9 Å². The third kappa shape index (κ3) is 3.65. The minimum absolute atomic E-state index is 0. The molecule has 34 heavy (non-hydrogen) atoms. The minimum Gasteiger partial charge on any atom is -0.321 e. The van der Waals surface area contributed by atoms with E-state index in [0.717, 1.165) is 70.4 Å². The van der Waals surface area contributed by atoms with E-state index < -0.39 is 0 Å². The average molecular weight is 470 g/mol. The summed E-state index contributed by atoms with van der Waals surface area (Å²) in [5.74, 6) is 0.988. The summed E-state index contributed by atoms with van der Waals surface area (Å²) >= 11 is 0. The lowest BCUT2D eigenvalue weighted by atomic mass is 9.72. The van der Waals surface area contributed by atoms with Gasteiger partial charge >= 0.3 is 0 Å². The van der Waals surface area contributed by atoms with Crippen molar-refractivity contribution in [1.82, 2.24) is 19.6 Å². The largest absolute Gasteiger partial charge is 0.321 e. The van der Waals surface area contributed by atoms with Crippen LogP contribution in [0.25, 0.3) is 38.9 Å². The second-order valence-corrected chi connectivity index (χ2v) is 9.15. The topological polar surface area (TPSA) is 69.1 Å². The van der Waals surface area contributed by atoms with E-state index >= 15 is 0 Å². The van der Waals surface area contributed by atoms with Crippen LogP contribution in [0.2, 0.25) is 0 Å². The van der Waals surface area contributed by atoms with Gasteiger partial charge in [0.2, 0.25) is 0 Å². The van der Waals surface area contributed by atoms with Gasteiger partial charge in [-0.05, 0) is 48.9 Å². The molecule has 1 aliphatic carbocycles. The Labute approximate surface area is 205 Å². The summed E-state index contributed by atoms with van der Waals surface area (Å²) < 4.78 is 2.09. The summed E-state index contributed by atoms with van der Waals surface area (Å²) in [5.41, 5.74) is 13.7. The Morgan fingerprint density at radius 1 is 0.941 bits per heavy atom. The molecule has 2 aromatic carbocycles. The first kappa shape index (κ1) is 22.5. The van der Waals surface area contributed by atoms with Crippen molar-refractivity contribution < 1.29 is 0 Å². The van der Waals surface area contributed by atoms with Crippen molar-refractivity contribution in [2.24, 2.45) is 5.73 Å². The van der Waals surface area contributed by atoms with Gasteiger partial charge in [-0.2, -0.15) is 0 Å². The molecule has 1 saturated carbocycles. The van der Waals surface area contributed by atoms with Crippen molar-refractivity contribution >= 4 is 29.0 Å². The second-order valence-electron chi connectivity index (χ2n) is 9.15. The van der Waals surface area contributed by atoms with Crippen LogP contribution in [0, 0.1) is 0 Å². The number of hydrogen-bond acceptors (Lipinski definition) is 4. The number of halogens is 1. The van der Waals surface area contributed by atoms with E-state index in [2.05, 4.69) is 82.2 Å². The maximum Gasteiger partial charge on any atom is 0.170 e. The fraction of sp³-hybridized carbons (Fsp3) is 0.250. The fourth-order valence-corrected chi connectivity index (χ4v) is 4.90. The molecular formula is C28H28ClN5. The lowest BCUT2D eigenvalue weighted by Gasteiger charge is -2.38. The van der Waals surface area contributed by atoms with Crippen molar-refractivity contribution in [3.63, 3.8) is 0 Å². The van der Waals surface area contributed by atoms with Crippen LogP contribution in [0.15, 0.2) is 72.9 Å². The van der Waals surface area contributed by atoms with Crippen LogP contribution in [0.3, 0.4) is 0 Å². The molecule has 1 aliphatic rings. The molecule has 5 nitrogen and oxygen atoms in total. The van der Waals surface area contributed by atoms with Gasteiger partial charge in [0.05, 0.1) is 11.2 Å². The summed E-state index contributed by atoms with van der Waals surface area (Å²) in [6.45, 7) is 2.16. The van der Waals surface area contributed by atoms with E-state index in [1.807, 2.05) is 12.3 Å². The molecule has 3 heterocycles. The van der Waals surface area contributed by atoms with Gasteiger partial charge in [-0.15, -0.1) is 22.6 Å². The highest BCUT2D eigenvalue weighted by molar-refractivity contribution is 5.98. The summed E-state index contributed by atoms with van der Waals surface area (Å²) in [5, 5.41) is 9.97. The molecule has 0 spiro atoms. The van der Waals surface area contributed by atoms with E-state index in [1.165, 1.54) is 12.0 Å². The molecule has 0 saturated heterocycles. The van der Waals surface area contributed by atoms with Gasteiger partial charge in [0, 0.05) is 34.7 Å². The second kappa shape index (κ2) is 8.82. The Bertz CT molecular complexity index is 1450. The Morgan fingerprint density at radius 2 is 1.71 bits per heavy atom. The van der Waals surface area contributed by atoms with Gasteiger partial charge in [0.1, 0.15) is 5.82 Å². The molecule has 0 unspecified atom stereocenters. The molecule has 6 rings (SSSR count). The molecule has 0 radical (unpaired) electrons. The molecule has 3 aromatic heterocycles. The van der Waals surface area contributed by atoms with Crippen molar-refractivity contribution in [2.75, 3.05) is 0 Å². The highest BCUT2D eigenvalue weighted by Crippen LogP contribution is 2.40. The smallest absolute Gasteiger partial charge is 0.170 e. The zero-order valence-electron chi connectivity index (χ0n) is 19.2. The van der Waals surface area contributed by atoms with E-state index in [1.54, 1.807) is 0 Å². The van der Waals surface area contributed by atoms with Crippen LogP contribution in [0.5, 0.6) is 0 Å². The lowest BCUT2D eigenvalue weighted by molar-refractivity contribution is 0.253. The number of pyridine rings is 2. The van der Waals surface area contributed by atoms with Crippen LogP contribution >= 0.6 is 12.4 Å². The summed E-state index contributed by atoms with van der Waals surface area (Å²) in [6.07, 6.45) is 7.30. The van der Waals surface area contributed by atoms with Crippen LogP contribution in [0.4, 0.5) is 0 Å². The molecule has 2 N–H and O–H groups in total. The maximum absolute atomic E-state index is 6.55. The number of hydrogen-bond donors (Lipinski definition) is 1. The number of aromatic nitrogens is 4. The zero-order valence-corrected chi connectivity index (χ0v) is 20.1. The Morgan fingerprint density at radius 3 is 2.38 bits per heavy atom. The number of aryl methyl sites for hydroxylation is 1. The van der Waals surface area contributed by atoms with Crippen LogP contribution < -0.4 is 5.73 Å². The van der Waals surface area contributed by atoms with Gasteiger partial charge in [-0.1, -0.05) is 61.5 Å². The molecule has 1 fully saturated rings. The lowest BCUT2D eigenvalue weighted by Crippen LogP contribution is -2.43. The number of rotatable bonds is 5. The normalized spacial score (nSPS) is 14.6. The predicted octanol–water partition coefficient (Wildman–Crippen LogP) is 6.32. The number of benzene rings is 2. The zero-order chi connectivity index (χ0) is 22.4. The highest BCUT2D eigenvalue weighted by Gasteiger charge is 2.34. The van der Waals surface area contributed by atoms with Gasteiger partial charge in [0.25, 0.3) is 0 Å². The molecule has 6 heteroatoms. The number of fused-ring (bicyclic) bond motifs is 3. The molecule has 0 bridgehead atoms. The van der Waals surface area contributed by atoms with E-state index in [9.17, 15) is 0 Å². The number of nitrogens with two attached hydrogens (primary N) is 1. The Hall–Kier alpha value is -3.28. The van der Waals surface area contributed by atoms with E-state index in [0.29, 0.717) is 0 Å². The van der Waals surface area contributed by atoms with Crippen molar-refractivity contribution in [2.45, 2.75) is 44.6 Å². The van der Waals surface area contributed by atoms with Crippen molar-refractivity contribution in [3.05, 3.63) is 84.3 Å². The van der Waals surface area contributed by atoms with Crippen LogP contribution in [0.1, 0.15) is 44.0 Å². The third-order valence-electron chi connectivity index (χ3n) is 6.98. The summed E-state index contributed by atoms with van der Waals surface area (Å²) in [4.78, 5) is 5.14. The van der Waals surface area contributed by atoms with Gasteiger partial charge in [0.15, 0.2) is 5.65 Å². The Kier molecular flexibility index (Phi) is 5.84. The van der Waals surface area contributed by atoms with Crippen molar-refractivity contribution in [3.8, 4) is 22.4 Å². The van der Waals surface area contributed by atoms with Gasteiger partial charge in [-0.3, -0.25) is 4.40 Å². The first-order valence-electron chi connectivity index (χ1n) is 11.8. The molecular weight excluding hydrogens is 442 g/mol. The molecule has 0 atom stereocenters. The number of nitrogens with zero attached hydrogens (tertiary/aromatic N) is 4. The van der Waals surface area contributed by atoms with Gasteiger partial charge < -0.3 is 5.73 Å². The monoisotopic (exact) mass is 469 g/mol. The average Bonchev–Trinajstić information content (AvgIpc) is 3.26. The molecule has 5 aromatic rings. The molecule has 172 valence electrons. The third-order valence-corrected chi connectivity index (χ3v) is 6.98. The van der Waals surface area contributed by atoms with Gasteiger partial charge in [-0.25, -0.2) is 4.98 Å². The van der Waals surface area contributed by atoms with Crippen LogP contribution in [-0.2, 0) is 12.0 Å². The molecule has 0 amide bonds. The maximum atomic E-state index is 6.55. The summed E-state index contributed by atoms with van der Waals surface area (Å²) in [6, 6.07) is 23.4. The fourth-order valence-electron chi connectivity index (χ4n) is 4.90.